The Morgan fingerprint density at radius 2 is 1.90 bits per heavy atom. The zero-order valence-corrected chi connectivity index (χ0v) is 16.8. The maximum Gasteiger partial charge on any atom is 0.233 e. The second-order valence-corrected chi connectivity index (χ2v) is 7.21. The molecule has 1 heterocycles. The van der Waals surface area contributed by atoms with Gasteiger partial charge in [0.2, 0.25) is 11.1 Å². The Bertz CT molecular complexity index is 934. The van der Waals surface area contributed by atoms with E-state index in [-0.39, 0.29) is 17.5 Å². The first-order chi connectivity index (χ1) is 14.1. The monoisotopic (exact) mass is 415 g/mol. The number of nitrogens with two attached hydrogens (primary N) is 1. The van der Waals surface area contributed by atoms with E-state index in [2.05, 4.69) is 10.2 Å². The number of rotatable bonds is 9. The van der Waals surface area contributed by atoms with Gasteiger partial charge < -0.3 is 15.5 Å². The normalized spacial score (nSPS) is 10.8. The Hall–Kier alpha value is -2.91. The molecule has 0 bridgehead atoms. The van der Waals surface area contributed by atoms with Gasteiger partial charge in [-0.1, -0.05) is 42.1 Å². The number of ether oxygens (including phenoxy) is 1. The Balaban J connectivity index is 1.65. The molecule has 2 N–H and O–H groups in total. The summed E-state index contributed by atoms with van der Waals surface area (Å²) in [6.45, 7) is 1.44. The van der Waals surface area contributed by atoms with Crippen LogP contribution in [0.25, 0.3) is 11.4 Å². The summed E-state index contributed by atoms with van der Waals surface area (Å²) >= 11 is 1.20. The molecule has 0 aliphatic rings. The number of hydrogen-bond acceptors (Lipinski definition) is 6. The van der Waals surface area contributed by atoms with E-state index in [0.29, 0.717) is 36.2 Å². The Kier molecular flexibility index (Phi) is 7.20. The van der Waals surface area contributed by atoms with Gasteiger partial charge in [-0.05, 0) is 29.8 Å². The van der Waals surface area contributed by atoms with E-state index in [4.69, 9.17) is 10.6 Å². The van der Waals surface area contributed by atoms with Crippen molar-refractivity contribution in [1.29, 1.82) is 0 Å². The number of carbonyl (C=O) groups is 1. The zero-order valence-electron chi connectivity index (χ0n) is 16.0. The third-order valence-corrected chi connectivity index (χ3v) is 5.15. The lowest BCUT2D eigenvalue weighted by molar-refractivity contribution is -0.129. The first-order valence-corrected chi connectivity index (χ1v) is 9.97. The molecule has 0 spiro atoms. The molecule has 152 valence electrons. The van der Waals surface area contributed by atoms with Crippen LogP contribution in [0, 0.1) is 5.82 Å². The summed E-state index contributed by atoms with van der Waals surface area (Å²) in [5.41, 5.74) is 1.69. The molecular formula is C20H22FN5O2S. The third kappa shape index (κ3) is 5.55. The second-order valence-electron chi connectivity index (χ2n) is 6.27. The molecule has 1 amide bonds. The lowest BCUT2D eigenvalue weighted by atomic mass is 10.2. The number of halogens is 1. The van der Waals surface area contributed by atoms with Crippen molar-refractivity contribution < 1.29 is 13.9 Å². The minimum absolute atomic E-state index is 0.0535. The molecule has 0 atom stereocenters. The van der Waals surface area contributed by atoms with Crippen molar-refractivity contribution in [1.82, 2.24) is 19.8 Å². The summed E-state index contributed by atoms with van der Waals surface area (Å²) in [6, 6.07) is 15.6. The van der Waals surface area contributed by atoms with Crippen molar-refractivity contribution in [3.8, 4) is 11.4 Å². The van der Waals surface area contributed by atoms with Gasteiger partial charge in [-0.3, -0.25) is 4.79 Å². The highest BCUT2D eigenvalue weighted by atomic mass is 32.2. The van der Waals surface area contributed by atoms with Gasteiger partial charge in [-0.15, -0.1) is 10.2 Å². The van der Waals surface area contributed by atoms with Gasteiger partial charge >= 0.3 is 0 Å². The number of methoxy groups -OCH3 is 1. The van der Waals surface area contributed by atoms with Crippen LogP contribution >= 0.6 is 11.8 Å². The summed E-state index contributed by atoms with van der Waals surface area (Å²) in [4.78, 5) is 14.5. The molecule has 0 aliphatic carbocycles. The van der Waals surface area contributed by atoms with Gasteiger partial charge in [0.25, 0.3) is 0 Å². The molecule has 7 nitrogen and oxygen atoms in total. The molecule has 29 heavy (non-hydrogen) atoms. The van der Waals surface area contributed by atoms with Gasteiger partial charge in [-0.2, -0.15) is 0 Å². The minimum Gasteiger partial charge on any atom is -0.383 e. The van der Waals surface area contributed by atoms with Crippen LogP contribution in [0.3, 0.4) is 0 Å². The lowest BCUT2D eigenvalue weighted by Gasteiger charge is -2.22. The van der Waals surface area contributed by atoms with Gasteiger partial charge in [-0.25, -0.2) is 9.07 Å². The Labute approximate surface area is 172 Å². The van der Waals surface area contributed by atoms with Crippen LogP contribution in [0.4, 0.5) is 4.39 Å². The quantitative estimate of drug-likeness (QED) is 0.427. The average Bonchev–Trinajstić information content (AvgIpc) is 3.11. The van der Waals surface area contributed by atoms with Gasteiger partial charge in [0.15, 0.2) is 5.82 Å². The van der Waals surface area contributed by atoms with E-state index in [1.807, 2.05) is 30.3 Å². The fraction of sp³-hybridized carbons (Fsp3) is 0.250. The fourth-order valence-electron chi connectivity index (χ4n) is 2.69. The molecule has 0 fully saturated rings. The highest BCUT2D eigenvalue weighted by Crippen LogP contribution is 2.22. The Morgan fingerprint density at radius 3 is 2.59 bits per heavy atom. The average molecular weight is 415 g/mol. The number of benzene rings is 2. The van der Waals surface area contributed by atoms with E-state index < -0.39 is 0 Å². The maximum atomic E-state index is 13.1. The SMILES string of the molecule is COCCN(Cc1ccccc1)C(=O)CSc1nnc(-c2ccc(F)cc2)n1N. The number of aromatic nitrogens is 3. The predicted octanol–water partition coefficient (Wildman–Crippen LogP) is 2.57. The van der Waals surface area contributed by atoms with Gasteiger partial charge in [0.1, 0.15) is 5.82 Å². The van der Waals surface area contributed by atoms with Crippen molar-refractivity contribution in [2.24, 2.45) is 0 Å². The van der Waals surface area contributed by atoms with Crippen molar-refractivity contribution in [2.75, 3.05) is 31.9 Å². The summed E-state index contributed by atoms with van der Waals surface area (Å²) in [5.74, 6) is 6.24. The van der Waals surface area contributed by atoms with Crippen LogP contribution in [0.5, 0.6) is 0 Å². The predicted molar refractivity (Wildman–Crippen MR) is 110 cm³/mol. The van der Waals surface area contributed by atoms with Crippen LogP contribution in [-0.4, -0.2) is 51.7 Å². The number of nitrogen functional groups attached to an aromatic ring is 1. The Morgan fingerprint density at radius 1 is 1.17 bits per heavy atom. The van der Waals surface area contributed by atoms with Crippen molar-refractivity contribution in [2.45, 2.75) is 11.7 Å². The van der Waals surface area contributed by atoms with Crippen LogP contribution < -0.4 is 5.84 Å². The minimum atomic E-state index is -0.341. The van der Waals surface area contributed by atoms with Crippen LogP contribution in [0.2, 0.25) is 0 Å². The summed E-state index contributed by atoms with van der Waals surface area (Å²) in [7, 11) is 1.60. The summed E-state index contributed by atoms with van der Waals surface area (Å²) in [6.07, 6.45) is 0. The van der Waals surface area contributed by atoms with Gasteiger partial charge in [0, 0.05) is 25.8 Å². The molecule has 3 rings (SSSR count). The summed E-state index contributed by atoms with van der Waals surface area (Å²) < 4.78 is 19.5. The van der Waals surface area contributed by atoms with Crippen molar-refractivity contribution in [3.05, 3.63) is 66.0 Å². The molecule has 0 saturated carbocycles. The van der Waals surface area contributed by atoms with E-state index >= 15 is 0 Å². The first kappa shape index (κ1) is 20.8. The molecule has 0 radical (unpaired) electrons. The molecule has 0 saturated heterocycles. The standard InChI is InChI=1S/C20H22FN5O2S/c1-28-12-11-25(13-15-5-3-2-4-6-15)18(27)14-29-20-24-23-19(26(20)22)16-7-9-17(21)10-8-16/h2-10H,11-14,22H2,1H3. The molecule has 0 aliphatic heterocycles. The largest absolute Gasteiger partial charge is 0.383 e. The third-order valence-electron chi connectivity index (χ3n) is 4.23. The first-order valence-electron chi connectivity index (χ1n) is 8.98. The zero-order chi connectivity index (χ0) is 20.6. The van der Waals surface area contributed by atoms with Gasteiger partial charge in [0.05, 0.1) is 12.4 Å². The number of carbonyl (C=O) groups excluding carboxylic acids is 1. The van der Waals surface area contributed by atoms with E-state index in [9.17, 15) is 9.18 Å². The van der Waals surface area contributed by atoms with Crippen LogP contribution in [0.1, 0.15) is 5.56 Å². The number of amides is 1. The second kappa shape index (κ2) is 10.0. The lowest BCUT2D eigenvalue weighted by Crippen LogP contribution is -2.34. The van der Waals surface area contributed by atoms with E-state index in [1.54, 1.807) is 24.1 Å². The smallest absolute Gasteiger partial charge is 0.233 e. The van der Waals surface area contributed by atoms with Crippen LogP contribution in [0.15, 0.2) is 59.8 Å². The maximum absolute atomic E-state index is 13.1. The number of hydrogen-bond donors (Lipinski definition) is 1. The van der Waals surface area contributed by atoms with Crippen LogP contribution in [-0.2, 0) is 16.1 Å². The van der Waals surface area contributed by atoms with E-state index in [0.717, 1.165) is 5.56 Å². The van der Waals surface area contributed by atoms with Crippen molar-refractivity contribution in [3.63, 3.8) is 0 Å². The summed E-state index contributed by atoms with van der Waals surface area (Å²) in [5, 5.41) is 8.52. The molecule has 1 aromatic heterocycles. The highest BCUT2D eigenvalue weighted by Gasteiger charge is 2.18. The molecule has 3 aromatic rings. The number of thioether (sulfide) groups is 1. The number of nitrogens with zero attached hydrogens (tertiary/aromatic N) is 4. The highest BCUT2D eigenvalue weighted by molar-refractivity contribution is 7.99. The topological polar surface area (TPSA) is 86.3 Å². The fourth-order valence-corrected chi connectivity index (χ4v) is 3.45. The molecule has 2 aromatic carbocycles. The van der Waals surface area contributed by atoms with E-state index in [1.165, 1.54) is 28.6 Å². The molecule has 9 heteroatoms. The molecule has 0 unspecified atom stereocenters. The molecular weight excluding hydrogens is 393 g/mol. The van der Waals surface area contributed by atoms with Crippen molar-refractivity contribution >= 4 is 17.7 Å².